The lowest BCUT2D eigenvalue weighted by molar-refractivity contribution is -0.160. The van der Waals surface area contributed by atoms with Crippen LogP contribution in [-0.2, 0) is 24.9 Å². The first-order chi connectivity index (χ1) is 12.4. The number of aliphatic hydroxyl groups is 1. The van der Waals surface area contributed by atoms with E-state index in [-0.39, 0.29) is 5.91 Å². The van der Waals surface area contributed by atoms with Crippen molar-refractivity contribution in [3.63, 3.8) is 0 Å². The number of amides is 1. The lowest BCUT2D eigenvalue weighted by Gasteiger charge is -2.40. The van der Waals surface area contributed by atoms with Gasteiger partial charge in [0.15, 0.2) is 5.60 Å². The molecule has 1 aliphatic heterocycles. The molecule has 3 rings (SSSR count). The van der Waals surface area contributed by atoms with Gasteiger partial charge in [-0.15, -0.1) is 0 Å². The summed E-state index contributed by atoms with van der Waals surface area (Å²) in [4.78, 5) is 16.7. The van der Waals surface area contributed by atoms with Crippen LogP contribution >= 0.6 is 0 Å². The molecule has 140 valence electrons. The fraction of sp³-hybridized carbons (Fsp3) is 0.500. The third-order valence-corrected chi connectivity index (χ3v) is 4.90. The molecule has 0 bridgehead atoms. The molecule has 0 radical (unpaired) electrons. The smallest absolute Gasteiger partial charge is 0.256 e. The molecule has 0 aliphatic carbocycles. The van der Waals surface area contributed by atoms with Crippen LogP contribution in [0.5, 0.6) is 0 Å². The molecule has 1 N–H and O–H groups in total. The van der Waals surface area contributed by atoms with Crippen molar-refractivity contribution in [2.75, 3.05) is 20.1 Å². The maximum absolute atomic E-state index is 13.0. The Morgan fingerprint density at radius 3 is 2.85 bits per heavy atom. The van der Waals surface area contributed by atoms with E-state index in [1.165, 1.54) is 5.56 Å². The molecule has 1 aliphatic rings. The van der Waals surface area contributed by atoms with Crippen molar-refractivity contribution in [3.8, 4) is 0 Å². The van der Waals surface area contributed by atoms with Crippen molar-refractivity contribution in [1.29, 1.82) is 0 Å². The number of aryl methyl sites for hydroxylation is 2. The number of carbonyl (C=O) groups is 1. The maximum Gasteiger partial charge on any atom is 0.256 e. The van der Waals surface area contributed by atoms with Crippen LogP contribution in [0.3, 0.4) is 0 Å². The molecule has 1 atom stereocenters. The number of hydrogen-bond donors (Lipinski definition) is 1. The van der Waals surface area contributed by atoms with Gasteiger partial charge in [-0.1, -0.05) is 29.8 Å². The van der Waals surface area contributed by atoms with Gasteiger partial charge in [0.1, 0.15) is 0 Å². The Kier molecular flexibility index (Phi) is 5.44. The Morgan fingerprint density at radius 1 is 1.35 bits per heavy atom. The van der Waals surface area contributed by atoms with E-state index in [9.17, 15) is 9.90 Å². The van der Waals surface area contributed by atoms with Crippen LogP contribution in [-0.4, -0.2) is 56.3 Å². The summed E-state index contributed by atoms with van der Waals surface area (Å²) in [6.07, 6.45) is 5.09. The van der Waals surface area contributed by atoms with Gasteiger partial charge in [0.2, 0.25) is 0 Å². The van der Waals surface area contributed by atoms with E-state index in [0.717, 1.165) is 17.5 Å². The molecule has 1 fully saturated rings. The molecular weight excluding hydrogens is 328 g/mol. The van der Waals surface area contributed by atoms with Crippen LogP contribution < -0.4 is 0 Å². The largest absolute Gasteiger partial charge is 0.379 e. The molecule has 2 aromatic rings. The van der Waals surface area contributed by atoms with Gasteiger partial charge < -0.3 is 10.0 Å². The Morgan fingerprint density at radius 2 is 2.15 bits per heavy atom. The molecule has 1 aromatic carbocycles. The predicted octanol–water partition coefficient (Wildman–Crippen LogP) is 1.71. The van der Waals surface area contributed by atoms with Gasteiger partial charge >= 0.3 is 0 Å². The van der Waals surface area contributed by atoms with Crippen molar-refractivity contribution >= 4 is 5.91 Å². The predicted molar refractivity (Wildman–Crippen MR) is 100 cm³/mol. The van der Waals surface area contributed by atoms with E-state index in [1.54, 1.807) is 9.58 Å². The summed E-state index contributed by atoms with van der Waals surface area (Å²) in [5.41, 5.74) is 2.03. The van der Waals surface area contributed by atoms with Gasteiger partial charge in [-0.3, -0.25) is 14.4 Å². The average molecular weight is 356 g/mol. The quantitative estimate of drug-likeness (QED) is 0.856. The van der Waals surface area contributed by atoms with E-state index in [2.05, 4.69) is 11.2 Å². The zero-order valence-corrected chi connectivity index (χ0v) is 15.9. The molecule has 1 amide bonds. The second-order valence-electron chi connectivity index (χ2n) is 7.55. The summed E-state index contributed by atoms with van der Waals surface area (Å²) in [6.45, 7) is 4.27. The van der Waals surface area contributed by atoms with Gasteiger partial charge in [-0.2, -0.15) is 5.10 Å². The second kappa shape index (κ2) is 7.60. The monoisotopic (exact) mass is 356 g/mol. The molecule has 0 unspecified atom stereocenters. The molecule has 0 saturated carbocycles. The first kappa shape index (κ1) is 18.6. The third kappa shape index (κ3) is 4.31. The first-order valence-electron chi connectivity index (χ1n) is 9.09. The molecule has 1 aromatic heterocycles. The highest BCUT2D eigenvalue weighted by atomic mass is 16.3. The van der Waals surface area contributed by atoms with Crippen LogP contribution in [0.25, 0.3) is 0 Å². The molecule has 1 saturated heterocycles. The van der Waals surface area contributed by atoms with Crippen molar-refractivity contribution in [3.05, 3.63) is 53.3 Å². The summed E-state index contributed by atoms with van der Waals surface area (Å²) < 4.78 is 1.76. The Labute approximate surface area is 155 Å². The number of aromatic nitrogens is 2. The molecule has 26 heavy (non-hydrogen) atoms. The van der Waals surface area contributed by atoms with Crippen molar-refractivity contribution in [2.24, 2.45) is 7.05 Å². The molecule has 6 nitrogen and oxygen atoms in total. The maximum atomic E-state index is 13.0. The van der Waals surface area contributed by atoms with Crippen LogP contribution in [0, 0.1) is 6.92 Å². The Hall–Kier alpha value is -2.18. The summed E-state index contributed by atoms with van der Waals surface area (Å²) in [5, 5.41) is 15.2. The summed E-state index contributed by atoms with van der Waals surface area (Å²) in [6, 6.07) is 8.18. The van der Waals surface area contributed by atoms with Gasteiger partial charge in [-0.25, -0.2) is 0 Å². The number of likely N-dealkylation sites (tertiary alicyclic amines) is 1. The van der Waals surface area contributed by atoms with Gasteiger partial charge in [0.05, 0.1) is 6.20 Å². The van der Waals surface area contributed by atoms with Crippen LogP contribution in [0.4, 0.5) is 0 Å². The highest BCUT2D eigenvalue weighted by Gasteiger charge is 2.42. The molecular formula is C20H28N4O2. The topological polar surface area (TPSA) is 61.6 Å². The fourth-order valence-corrected chi connectivity index (χ4v) is 3.76. The molecule has 2 heterocycles. The number of nitrogens with zero attached hydrogens (tertiary/aromatic N) is 4. The number of carbonyl (C=O) groups excluding carboxylic acids is 1. The SMILES string of the molecule is Cc1cccc(CN2CCC[C@@](O)(CN(C)Cc3cnn(C)c3)C2=O)c1. The summed E-state index contributed by atoms with van der Waals surface area (Å²) in [7, 11) is 3.81. The normalized spacial score (nSPS) is 20.8. The minimum absolute atomic E-state index is 0.164. The van der Waals surface area contributed by atoms with Gasteiger partial charge in [0.25, 0.3) is 5.91 Å². The van der Waals surface area contributed by atoms with E-state index in [0.29, 0.717) is 32.6 Å². The fourth-order valence-electron chi connectivity index (χ4n) is 3.76. The Bertz CT molecular complexity index is 773. The minimum Gasteiger partial charge on any atom is -0.379 e. The van der Waals surface area contributed by atoms with E-state index >= 15 is 0 Å². The summed E-state index contributed by atoms with van der Waals surface area (Å²) in [5.74, 6) is -0.164. The average Bonchev–Trinajstić information content (AvgIpc) is 2.97. The zero-order chi connectivity index (χ0) is 18.7. The second-order valence-corrected chi connectivity index (χ2v) is 7.55. The van der Waals surface area contributed by atoms with E-state index in [4.69, 9.17) is 0 Å². The lowest BCUT2D eigenvalue weighted by Crippen LogP contribution is -2.57. The molecule has 6 heteroatoms. The summed E-state index contributed by atoms with van der Waals surface area (Å²) >= 11 is 0. The standard InChI is InChI=1S/C20H28N4O2/c1-16-6-4-7-17(10-16)14-24-9-5-8-20(26,19(24)25)15-22(2)12-18-11-21-23(3)13-18/h4,6-7,10-11,13,26H,5,8-9,12,14-15H2,1-3H3/t20-/m1/s1. The minimum atomic E-state index is -1.32. The van der Waals surface area contributed by atoms with Crippen molar-refractivity contribution < 1.29 is 9.90 Å². The number of hydrogen-bond acceptors (Lipinski definition) is 4. The third-order valence-electron chi connectivity index (χ3n) is 4.90. The molecule has 0 spiro atoms. The number of likely N-dealkylation sites (N-methyl/N-ethyl adjacent to an activating group) is 1. The highest BCUT2D eigenvalue weighted by Crippen LogP contribution is 2.25. The number of rotatable bonds is 6. The highest BCUT2D eigenvalue weighted by molar-refractivity contribution is 5.86. The van der Waals surface area contributed by atoms with Crippen LogP contribution in [0.2, 0.25) is 0 Å². The van der Waals surface area contributed by atoms with Crippen LogP contribution in [0.15, 0.2) is 36.7 Å². The van der Waals surface area contributed by atoms with Gasteiger partial charge in [0, 0.05) is 45.0 Å². The van der Waals surface area contributed by atoms with Crippen molar-refractivity contribution in [1.82, 2.24) is 19.6 Å². The van der Waals surface area contributed by atoms with E-state index < -0.39 is 5.60 Å². The van der Waals surface area contributed by atoms with Crippen molar-refractivity contribution in [2.45, 2.75) is 38.5 Å². The lowest BCUT2D eigenvalue weighted by atomic mass is 9.90. The van der Waals surface area contributed by atoms with Gasteiger partial charge in [-0.05, 0) is 32.4 Å². The number of benzene rings is 1. The van der Waals surface area contributed by atoms with E-state index in [1.807, 2.05) is 56.5 Å². The Balaban J connectivity index is 1.65. The first-order valence-corrected chi connectivity index (χ1v) is 9.09. The van der Waals surface area contributed by atoms with Crippen LogP contribution in [0.1, 0.15) is 29.5 Å². The number of piperidine rings is 1. The zero-order valence-electron chi connectivity index (χ0n) is 15.9.